The third-order valence-corrected chi connectivity index (χ3v) is 5.42. The lowest BCUT2D eigenvalue weighted by molar-refractivity contribution is 0.0461. The molecule has 0 unspecified atom stereocenters. The summed E-state index contributed by atoms with van der Waals surface area (Å²) in [4.78, 5) is 31.1. The number of H-pyrrole nitrogens is 1. The first-order chi connectivity index (χ1) is 12.7. The van der Waals surface area contributed by atoms with Gasteiger partial charge in [-0.25, -0.2) is 23.3 Å². The summed E-state index contributed by atoms with van der Waals surface area (Å²) in [5.41, 5.74) is 0.979. The summed E-state index contributed by atoms with van der Waals surface area (Å²) >= 11 is 3.17. The molecule has 0 amide bonds. The minimum Gasteiger partial charge on any atom is -0.454 e. The molecule has 0 aliphatic rings. The molecule has 2 aromatic carbocycles. The van der Waals surface area contributed by atoms with Gasteiger partial charge in [-0.1, -0.05) is 12.1 Å². The van der Waals surface area contributed by atoms with E-state index in [1.54, 1.807) is 12.1 Å². The number of hydrogen-bond donors (Lipinski definition) is 2. The van der Waals surface area contributed by atoms with E-state index in [9.17, 15) is 18.0 Å². The lowest BCUT2D eigenvalue weighted by Crippen LogP contribution is -2.16. The van der Waals surface area contributed by atoms with Gasteiger partial charge in [-0.15, -0.1) is 0 Å². The number of carbonyl (C=O) groups excluding carboxylic acids is 1. The number of primary sulfonamides is 1. The van der Waals surface area contributed by atoms with Gasteiger partial charge in [-0.05, 0) is 52.7 Å². The smallest absolute Gasteiger partial charge is 0.339 e. The standard InChI is InChI=1S/C17H14BrN3O5S/c1-9-3-2-4-11-15(9)20-14(21-16(11)22)8-26-17(23)12-7-10(27(19,24)25)5-6-13(12)18/h2-7H,8H2,1H3,(H2,19,24,25)(H,20,21,22). The fraction of sp³-hybridized carbons (Fsp3) is 0.118. The van der Waals surface area contributed by atoms with E-state index >= 15 is 0 Å². The second-order valence-electron chi connectivity index (χ2n) is 5.75. The van der Waals surface area contributed by atoms with Crippen molar-refractivity contribution in [2.75, 3.05) is 0 Å². The van der Waals surface area contributed by atoms with Gasteiger partial charge in [-0.2, -0.15) is 0 Å². The Kier molecular flexibility index (Phi) is 5.13. The van der Waals surface area contributed by atoms with Crippen LogP contribution in [0.2, 0.25) is 0 Å². The Bertz CT molecular complexity index is 1220. The summed E-state index contributed by atoms with van der Waals surface area (Å²) in [7, 11) is -3.97. The Morgan fingerprint density at radius 3 is 2.74 bits per heavy atom. The highest BCUT2D eigenvalue weighted by atomic mass is 79.9. The number of fused-ring (bicyclic) bond motifs is 1. The van der Waals surface area contributed by atoms with Crippen molar-refractivity contribution < 1.29 is 17.9 Å². The highest BCUT2D eigenvalue weighted by molar-refractivity contribution is 9.10. The maximum atomic E-state index is 12.3. The van der Waals surface area contributed by atoms with Crippen molar-refractivity contribution in [1.29, 1.82) is 0 Å². The first kappa shape index (κ1) is 19.2. The van der Waals surface area contributed by atoms with E-state index in [0.717, 1.165) is 11.6 Å². The number of esters is 1. The summed E-state index contributed by atoms with van der Waals surface area (Å²) in [5, 5.41) is 5.52. The zero-order chi connectivity index (χ0) is 19.8. The molecule has 0 aliphatic heterocycles. The van der Waals surface area contributed by atoms with Crippen LogP contribution in [0.3, 0.4) is 0 Å². The number of aryl methyl sites for hydroxylation is 1. The fourth-order valence-electron chi connectivity index (χ4n) is 2.47. The maximum absolute atomic E-state index is 12.3. The second-order valence-corrected chi connectivity index (χ2v) is 8.16. The van der Waals surface area contributed by atoms with Crippen LogP contribution in [0.1, 0.15) is 21.7 Å². The van der Waals surface area contributed by atoms with Gasteiger partial charge in [0.25, 0.3) is 5.56 Å². The van der Waals surface area contributed by atoms with Gasteiger partial charge in [-0.3, -0.25) is 4.79 Å². The van der Waals surface area contributed by atoms with Gasteiger partial charge < -0.3 is 9.72 Å². The minimum absolute atomic E-state index is 0.0131. The third kappa shape index (κ3) is 4.07. The van der Waals surface area contributed by atoms with Crippen molar-refractivity contribution in [3.05, 3.63) is 68.2 Å². The zero-order valence-electron chi connectivity index (χ0n) is 14.0. The number of halogens is 1. The molecule has 27 heavy (non-hydrogen) atoms. The number of sulfonamides is 1. The van der Waals surface area contributed by atoms with Crippen LogP contribution in [0.5, 0.6) is 0 Å². The Hall–Kier alpha value is -2.56. The molecule has 0 spiro atoms. The van der Waals surface area contributed by atoms with E-state index in [4.69, 9.17) is 9.88 Å². The first-order valence-corrected chi connectivity index (χ1v) is 9.99. The van der Waals surface area contributed by atoms with Crippen LogP contribution in [0, 0.1) is 6.92 Å². The number of para-hydroxylation sites is 1. The minimum atomic E-state index is -3.97. The third-order valence-electron chi connectivity index (χ3n) is 3.81. The largest absolute Gasteiger partial charge is 0.454 e. The summed E-state index contributed by atoms with van der Waals surface area (Å²) in [5.74, 6) is -0.617. The topological polar surface area (TPSA) is 132 Å². The van der Waals surface area contributed by atoms with Gasteiger partial charge in [0.2, 0.25) is 10.0 Å². The van der Waals surface area contributed by atoms with Gasteiger partial charge in [0, 0.05) is 4.47 Å². The molecule has 1 heterocycles. The van der Waals surface area contributed by atoms with E-state index in [-0.39, 0.29) is 28.4 Å². The number of benzene rings is 2. The number of nitrogens with one attached hydrogen (secondary N) is 1. The highest BCUT2D eigenvalue weighted by Gasteiger charge is 2.17. The number of rotatable bonds is 4. The number of aromatic amines is 1. The number of nitrogens with two attached hydrogens (primary N) is 1. The molecule has 0 saturated heterocycles. The lowest BCUT2D eigenvalue weighted by Gasteiger charge is -2.08. The van der Waals surface area contributed by atoms with E-state index in [1.165, 1.54) is 12.1 Å². The highest BCUT2D eigenvalue weighted by Crippen LogP contribution is 2.22. The molecule has 10 heteroatoms. The van der Waals surface area contributed by atoms with Gasteiger partial charge in [0.15, 0.2) is 0 Å². The predicted octanol–water partition coefficient (Wildman–Crippen LogP) is 2.00. The normalized spacial score (nSPS) is 11.5. The van der Waals surface area contributed by atoms with Crippen molar-refractivity contribution in [3.8, 4) is 0 Å². The summed E-state index contributed by atoms with van der Waals surface area (Å²) in [6, 6.07) is 8.99. The Balaban J connectivity index is 1.87. The van der Waals surface area contributed by atoms with E-state index < -0.39 is 16.0 Å². The van der Waals surface area contributed by atoms with E-state index in [1.807, 2.05) is 13.0 Å². The molecule has 140 valence electrons. The fourth-order valence-corrected chi connectivity index (χ4v) is 3.42. The maximum Gasteiger partial charge on any atom is 0.339 e. The monoisotopic (exact) mass is 451 g/mol. The van der Waals surface area contributed by atoms with Crippen molar-refractivity contribution in [1.82, 2.24) is 9.97 Å². The van der Waals surface area contributed by atoms with Crippen molar-refractivity contribution in [2.24, 2.45) is 5.14 Å². The molecule has 8 nitrogen and oxygen atoms in total. The molecule has 3 rings (SSSR count). The number of hydrogen-bond acceptors (Lipinski definition) is 6. The van der Waals surface area contributed by atoms with Crippen LogP contribution in [0.4, 0.5) is 0 Å². The molecule has 0 saturated carbocycles. The summed E-state index contributed by atoms with van der Waals surface area (Å²) in [6.45, 7) is 1.53. The predicted molar refractivity (Wildman–Crippen MR) is 102 cm³/mol. The SMILES string of the molecule is Cc1cccc2c(=O)[nH]c(COC(=O)c3cc(S(N)(=O)=O)ccc3Br)nc12. The average molecular weight is 452 g/mol. The van der Waals surface area contributed by atoms with E-state index in [2.05, 4.69) is 25.9 Å². The van der Waals surface area contributed by atoms with Gasteiger partial charge in [0.1, 0.15) is 12.4 Å². The molecule has 0 aliphatic carbocycles. The molecule has 0 fully saturated rings. The van der Waals surface area contributed by atoms with Crippen molar-refractivity contribution in [2.45, 2.75) is 18.4 Å². The van der Waals surface area contributed by atoms with Crippen LogP contribution in [0.25, 0.3) is 10.9 Å². The van der Waals surface area contributed by atoms with E-state index in [0.29, 0.717) is 15.4 Å². The molecule has 1 aromatic heterocycles. The molecule has 0 radical (unpaired) electrons. The quantitative estimate of drug-likeness (QED) is 0.582. The second kappa shape index (κ2) is 7.22. The summed E-state index contributed by atoms with van der Waals surface area (Å²) < 4.78 is 28.4. The number of nitrogens with zero attached hydrogens (tertiary/aromatic N) is 1. The lowest BCUT2D eigenvalue weighted by atomic mass is 10.1. The summed E-state index contributed by atoms with van der Waals surface area (Å²) in [6.07, 6.45) is 0. The Labute approximate surface area is 162 Å². The van der Waals surface area contributed by atoms with Gasteiger partial charge >= 0.3 is 5.97 Å². The van der Waals surface area contributed by atoms with Crippen LogP contribution in [0.15, 0.2) is 50.6 Å². The van der Waals surface area contributed by atoms with Crippen molar-refractivity contribution >= 4 is 42.8 Å². The molecule has 0 bridgehead atoms. The van der Waals surface area contributed by atoms with Crippen LogP contribution < -0.4 is 10.7 Å². The Morgan fingerprint density at radius 2 is 2.04 bits per heavy atom. The van der Waals surface area contributed by atoms with Crippen LogP contribution >= 0.6 is 15.9 Å². The Morgan fingerprint density at radius 1 is 1.30 bits per heavy atom. The number of ether oxygens (including phenoxy) is 1. The van der Waals surface area contributed by atoms with Crippen molar-refractivity contribution in [3.63, 3.8) is 0 Å². The van der Waals surface area contributed by atoms with Crippen LogP contribution in [-0.4, -0.2) is 24.4 Å². The first-order valence-electron chi connectivity index (χ1n) is 7.65. The molecule has 3 aromatic rings. The molecule has 3 N–H and O–H groups in total. The molecular formula is C17H14BrN3O5S. The van der Waals surface area contributed by atoms with Crippen LogP contribution in [-0.2, 0) is 21.4 Å². The average Bonchev–Trinajstić information content (AvgIpc) is 2.60. The number of aromatic nitrogens is 2. The zero-order valence-corrected chi connectivity index (χ0v) is 16.4. The molecule has 0 atom stereocenters. The molecular weight excluding hydrogens is 438 g/mol. The number of carbonyl (C=O) groups is 1. The van der Waals surface area contributed by atoms with Gasteiger partial charge in [0.05, 0.1) is 21.4 Å².